The maximum absolute atomic E-state index is 10.6. The summed E-state index contributed by atoms with van der Waals surface area (Å²) in [6.45, 7) is 6.54. The van der Waals surface area contributed by atoms with Crippen LogP contribution in [0.3, 0.4) is 0 Å². The lowest BCUT2D eigenvalue weighted by Gasteiger charge is -2.49. The van der Waals surface area contributed by atoms with E-state index in [2.05, 4.69) is 41.0 Å². The summed E-state index contributed by atoms with van der Waals surface area (Å²) in [6, 6.07) is 9.17. The molecule has 2 atom stereocenters. The van der Waals surface area contributed by atoms with E-state index in [9.17, 15) is 10.2 Å². The molecule has 0 amide bonds. The molecule has 2 saturated heterocycles. The van der Waals surface area contributed by atoms with Gasteiger partial charge in [0.05, 0.1) is 12.7 Å². The van der Waals surface area contributed by atoms with E-state index in [-0.39, 0.29) is 13.1 Å². The van der Waals surface area contributed by atoms with Crippen molar-refractivity contribution in [3.63, 3.8) is 0 Å². The molecule has 2 aliphatic heterocycles. The van der Waals surface area contributed by atoms with Crippen molar-refractivity contribution in [3.8, 4) is 0 Å². The molecule has 0 radical (unpaired) electrons. The predicted molar refractivity (Wildman–Crippen MR) is 118 cm³/mol. The van der Waals surface area contributed by atoms with Gasteiger partial charge in [-0.25, -0.2) is 0 Å². The Morgan fingerprint density at radius 3 is 2.47 bits per heavy atom. The number of carbonyl (C=O) groups is 1. The van der Waals surface area contributed by atoms with Gasteiger partial charge in [0.25, 0.3) is 6.47 Å². The molecule has 7 heteroatoms. The molecule has 2 heterocycles. The predicted octanol–water partition coefficient (Wildman–Crippen LogP) is 2.14. The largest absolute Gasteiger partial charge is 0.483 e. The Morgan fingerprint density at radius 1 is 1.20 bits per heavy atom. The van der Waals surface area contributed by atoms with E-state index in [4.69, 9.17) is 14.6 Å². The van der Waals surface area contributed by atoms with Gasteiger partial charge in [0.15, 0.2) is 0 Å². The van der Waals surface area contributed by atoms with Crippen LogP contribution in [0.25, 0.3) is 0 Å². The van der Waals surface area contributed by atoms with Gasteiger partial charge in [-0.1, -0.05) is 18.2 Å². The second-order valence-electron chi connectivity index (χ2n) is 8.50. The molecule has 0 spiro atoms. The van der Waals surface area contributed by atoms with Gasteiger partial charge in [0.1, 0.15) is 0 Å². The van der Waals surface area contributed by atoms with E-state index in [0.29, 0.717) is 12.6 Å². The fourth-order valence-electron chi connectivity index (χ4n) is 4.93. The van der Waals surface area contributed by atoms with E-state index < -0.39 is 11.5 Å². The van der Waals surface area contributed by atoms with Crippen LogP contribution >= 0.6 is 0 Å². The van der Waals surface area contributed by atoms with Gasteiger partial charge in [-0.3, -0.25) is 9.69 Å². The summed E-state index contributed by atoms with van der Waals surface area (Å²) in [6.07, 6.45) is 4.33. The summed E-state index contributed by atoms with van der Waals surface area (Å²) in [5.74, 6) is 0. The Labute approximate surface area is 180 Å². The number of nitrogens with zero attached hydrogens (tertiary/aromatic N) is 2. The number of aliphatic hydroxyl groups is 2. The summed E-state index contributed by atoms with van der Waals surface area (Å²) in [4.78, 5) is 13.4. The number of ether oxygens (including phenoxy) is 1. The van der Waals surface area contributed by atoms with Crippen molar-refractivity contribution < 1.29 is 24.9 Å². The van der Waals surface area contributed by atoms with Crippen LogP contribution in [0.2, 0.25) is 0 Å². The first-order valence-corrected chi connectivity index (χ1v) is 10.9. The average molecular weight is 423 g/mol. The molecular formula is C23H38N2O5. The van der Waals surface area contributed by atoms with Crippen LogP contribution in [0.15, 0.2) is 24.3 Å². The van der Waals surface area contributed by atoms with Gasteiger partial charge in [-0.15, -0.1) is 0 Å². The quantitative estimate of drug-likeness (QED) is 0.458. The lowest BCUT2D eigenvalue weighted by Crippen LogP contribution is -2.58. The highest BCUT2D eigenvalue weighted by Gasteiger charge is 2.43. The summed E-state index contributed by atoms with van der Waals surface area (Å²) in [5, 5.41) is 27.6. The molecule has 0 saturated carbocycles. The zero-order chi connectivity index (χ0) is 22.0. The lowest BCUT2D eigenvalue weighted by atomic mass is 9.74. The van der Waals surface area contributed by atoms with E-state index in [1.54, 1.807) is 7.11 Å². The summed E-state index contributed by atoms with van der Waals surface area (Å²) < 4.78 is 5.18. The van der Waals surface area contributed by atoms with Gasteiger partial charge < -0.3 is 25.0 Å². The van der Waals surface area contributed by atoms with E-state index in [1.807, 2.05) is 0 Å². The molecule has 0 bridgehead atoms. The van der Waals surface area contributed by atoms with Gasteiger partial charge in [0, 0.05) is 57.0 Å². The van der Waals surface area contributed by atoms with Crippen LogP contribution in [-0.2, 0) is 9.53 Å². The SMILES string of the molecule is COCCC[C@@]1(CO)CN(C2CCN(c3ccccc3C)CC2)CC[C@H]1O.O=CO. The molecule has 0 unspecified atom stereocenters. The van der Waals surface area contributed by atoms with Crippen LogP contribution in [0.5, 0.6) is 0 Å². The third-order valence-electron chi connectivity index (χ3n) is 6.69. The first-order valence-electron chi connectivity index (χ1n) is 10.9. The number of carboxylic acid groups (broad SMARTS) is 1. The number of benzene rings is 1. The van der Waals surface area contributed by atoms with Crippen molar-refractivity contribution >= 4 is 12.2 Å². The Morgan fingerprint density at radius 2 is 1.87 bits per heavy atom. The normalized spacial score (nSPS) is 25.5. The molecule has 7 nitrogen and oxygen atoms in total. The summed E-state index contributed by atoms with van der Waals surface area (Å²) in [5.41, 5.74) is 2.30. The Hall–Kier alpha value is -1.67. The van der Waals surface area contributed by atoms with Crippen molar-refractivity contribution in [1.29, 1.82) is 0 Å². The van der Waals surface area contributed by atoms with Crippen LogP contribution < -0.4 is 4.90 Å². The lowest BCUT2D eigenvalue weighted by molar-refractivity contribution is -0.122. The number of likely N-dealkylation sites (tertiary alicyclic amines) is 1. The Bertz CT molecular complexity index is 636. The summed E-state index contributed by atoms with van der Waals surface area (Å²) in [7, 11) is 1.71. The van der Waals surface area contributed by atoms with Crippen LogP contribution in [0.4, 0.5) is 5.69 Å². The molecule has 2 fully saturated rings. The van der Waals surface area contributed by atoms with Crippen LogP contribution in [0.1, 0.15) is 37.7 Å². The molecule has 170 valence electrons. The maximum Gasteiger partial charge on any atom is 0.290 e. The number of anilines is 1. The van der Waals surface area contributed by atoms with Crippen LogP contribution in [-0.4, -0.2) is 85.3 Å². The monoisotopic (exact) mass is 422 g/mol. The van der Waals surface area contributed by atoms with Crippen molar-refractivity contribution in [2.75, 3.05) is 51.4 Å². The molecule has 1 aromatic carbocycles. The third kappa shape index (κ3) is 6.17. The summed E-state index contributed by atoms with van der Waals surface area (Å²) >= 11 is 0. The molecular weight excluding hydrogens is 384 g/mol. The first-order chi connectivity index (χ1) is 14.5. The van der Waals surface area contributed by atoms with Gasteiger partial charge in [0.2, 0.25) is 0 Å². The van der Waals surface area contributed by atoms with Crippen LogP contribution in [0, 0.1) is 12.3 Å². The first kappa shape index (κ1) is 24.6. The number of aryl methyl sites for hydroxylation is 1. The Balaban J connectivity index is 0.00000101. The highest BCUT2D eigenvalue weighted by Crippen LogP contribution is 2.37. The minimum absolute atomic E-state index is 0.0520. The minimum atomic E-state index is -0.414. The van der Waals surface area contributed by atoms with Gasteiger partial charge in [-0.05, 0) is 50.7 Å². The van der Waals surface area contributed by atoms with Crippen molar-refractivity contribution in [2.24, 2.45) is 5.41 Å². The van der Waals surface area contributed by atoms with Crippen molar-refractivity contribution in [3.05, 3.63) is 29.8 Å². The van der Waals surface area contributed by atoms with Gasteiger partial charge >= 0.3 is 0 Å². The molecule has 30 heavy (non-hydrogen) atoms. The number of hydrogen-bond donors (Lipinski definition) is 3. The molecule has 0 aliphatic carbocycles. The fourth-order valence-corrected chi connectivity index (χ4v) is 4.93. The number of para-hydroxylation sites is 1. The zero-order valence-corrected chi connectivity index (χ0v) is 18.4. The highest BCUT2D eigenvalue weighted by molar-refractivity contribution is 5.53. The van der Waals surface area contributed by atoms with Crippen molar-refractivity contribution in [2.45, 2.75) is 51.2 Å². The third-order valence-corrected chi connectivity index (χ3v) is 6.69. The molecule has 3 rings (SSSR count). The number of aliphatic hydroxyl groups excluding tert-OH is 2. The van der Waals surface area contributed by atoms with E-state index in [0.717, 1.165) is 58.3 Å². The standard InChI is InChI=1S/C22H36N2O3.CH2O2/c1-18-6-3-4-7-20(18)23-12-8-19(9-13-23)24-14-10-21(26)22(16-24,17-25)11-5-15-27-2;2-1-3/h3-4,6-7,19,21,25-26H,5,8-17H2,1-2H3;1H,(H,2,3)/t21-,22+;/m1./s1. The number of piperidine rings is 2. The minimum Gasteiger partial charge on any atom is -0.483 e. The fraction of sp³-hybridized carbons (Fsp3) is 0.696. The topological polar surface area (TPSA) is 93.5 Å². The smallest absolute Gasteiger partial charge is 0.290 e. The van der Waals surface area contributed by atoms with Crippen molar-refractivity contribution in [1.82, 2.24) is 4.90 Å². The van der Waals surface area contributed by atoms with Gasteiger partial charge in [-0.2, -0.15) is 0 Å². The molecule has 0 aromatic heterocycles. The number of methoxy groups -OCH3 is 1. The second kappa shape index (κ2) is 12.2. The Kier molecular flexibility index (Phi) is 10.0. The van der Waals surface area contributed by atoms with E-state index >= 15 is 0 Å². The maximum atomic E-state index is 10.6. The number of hydrogen-bond acceptors (Lipinski definition) is 6. The molecule has 2 aliphatic rings. The molecule has 1 aromatic rings. The number of rotatable bonds is 7. The average Bonchev–Trinajstić information content (AvgIpc) is 2.76. The van der Waals surface area contributed by atoms with E-state index in [1.165, 1.54) is 11.3 Å². The molecule has 3 N–H and O–H groups in total. The second-order valence-corrected chi connectivity index (χ2v) is 8.50. The highest BCUT2D eigenvalue weighted by atomic mass is 16.5. The zero-order valence-electron chi connectivity index (χ0n) is 18.4.